The molecule has 3 rings (SSSR count). The van der Waals surface area contributed by atoms with Crippen LogP contribution in [-0.4, -0.2) is 37.5 Å². The quantitative estimate of drug-likeness (QED) is 0.578. The summed E-state index contributed by atoms with van der Waals surface area (Å²) in [7, 11) is 0. The maximum absolute atomic E-state index is 12.8. The lowest BCUT2D eigenvalue weighted by atomic mass is 9.74. The summed E-state index contributed by atoms with van der Waals surface area (Å²) in [4.78, 5) is 25.6. The van der Waals surface area contributed by atoms with Crippen molar-refractivity contribution in [2.45, 2.75) is 57.8 Å². The molecule has 2 saturated heterocycles. The van der Waals surface area contributed by atoms with E-state index < -0.39 is 23.1 Å². The average molecular weight is 376 g/mol. The number of benzene rings is 1. The Labute approximate surface area is 160 Å². The highest BCUT2D eigenvalue weighted by molar-refractivity contribution is 6.00. The van der Waals surface area contributed by atoms with Crippen molar-refractivity contribution in [2.24, 2.45) is 5.41 Å². The molecule has 2 aliphatic heterocycles. The summed E-state index contributed by atoms with van der Waals surface area (Å²) in [6.45, 7) is 4.13. The second-order valence-electron chi connectivity index (χ2n) is 7.12. The van der Waals surface area contributed by atoms with Gasteiger partial charge >= 0.3 is 11.9 Å². The fraction of sp³-hybridized carbons (Fsp3) is 0.619. The largest absolute Gasteiger partial charge is 0.465 e. The molecule has 0 saturated carbocycles. The Morgan fingerprint density at radius 3 is 2.37 bits per heavy atom. The van der Waals surface area contributed by atoms with Gasteiger partial charge in [0.1, 0.15) is 0 Å². The Morgan fingerprint density at radius 1 is 1.07 bits per heavy atom. The molecule has 0 aromatic heterocycles. The highest BCUT2D eigenvalue weighted by atomic mass is 16.7. The van der Waals surface area contributed by atoms with E-state index in [4.69, 9.17) is 18.9 Å². The van der Waals surface area contributed by atoms with E-state index >= 15 is 0 Å². The lowest BCUT2D eigenvalue weighted by molar-refractivity contribution is -0.313. The molecule has 6 heteroatoms. The lowest BCUT2D eigenvalue weighted by Crippen LogP contribution is -2.56. The zero-order valence-corrected chi connectivity index (χ0v) is 16.1. The van der Waals surface area contributed by atoms with Crippen LogP contribution >= 0.6 is 0 Å². The van der Waals surface area contributed by atoms with Crippen LogP contribution in [0.25, 0.3) is 0 Å². The minimum Gasteiger partial charge on any atom is -0.465 e. The number of esters is 2. The highest BCUT2D eigenvalue weighted by Crippen LogP contribution is 2.49. The molecule has 1 spiro atoms. The van der Waals surface area contributed by atoms with Crippen LogP contribution in [-0.2, 0) is 28.5 Å². The van der Waals surface area contributed by atoms with Crippen molar-refractivity contribution >= 4 is 11.9 Å². The van der Waals surface area contributed by atoms with E-state index in [0.717, 1.165) is 18.4 Å². The van der Waals surface area contributed by atoms with E-state index in [1.165, 1.54) is 0 Å². The van der Waals surface area contributed by atoms with E-state index in [9.17, 15) is 9.59 Å². The smallest absolute Gasteiger partial charge is 0.323 e. The van der Waals surface area contributed by atoms with Gasteiger partial charge in [-0.2, -0.15) is 0 Å². The normalized spacial score (nSPS) is 27.1. The predicted molar refractivity (Wildman–Crippen MR) is 97.7 cm³/mol. The SMILES string of the molecule is CCOC(=O)C1(C(=O)OCC)CCO[C@]2(CCC[C@H](c3ccccc3)O2)C1. The van der Waals surface area contributed by atoms with Gasteiger partial charge < -0.3 is 18.9 Å². The number of ether oxygens (including phenoxy) is 4. The van der Waals surface area contributed by atoms with Crippen LogP contribution in [0.4, 0.5) is 0 Å². The lowest BCUT2D eigenvalue weighted by Gasteiger charge is -2.48. The predicted octanol–water partition coefficient (Wildman–Crippen LogP) is 3.55. The van der Waals surface area contributed by atoms with Crippen LogP contribution in [0.15, 0.2) is 30.3 Å². The molecule has 0 bridgehead atoms. The Bertz CT molecular complexity index is 636. The minimum absolute atomic E-state index is 0.125. The molecular weight excluding hydrogens is 348 g/mol. The summed E-state index contributed by atoms with van der Waals surface area (Å²) in [5, 5.41) is 0. The average Bonchev–Trinajstić information content (AvgIpc) is 2.69. The molecule has 2 aliphatic rings. The monoisotopic (exact) mass is 376 g/mol. The number of carbonyl (C=O) groups excluding carboxylic acids is 2. The van der Waals surface area contributed by atoms with E-state index in [2.05, 4.69) is 0 Å². The fourth-order valence-corrected chi connectivity index (χ4v) is 4.05. The third-order valence-corrected chi connectivity index (χ3v) is 5.35. The summed E-state index contributed by atoms with van der Waals surface area (Å²) < 4.78 is 22.9. The van der Waals surface area contributed by atoms with Gasteiger partial charge in [-0.3, -0.25) is 9.59 Å². The summed E-state index contributed by atoms with van der Waals surface area (Å²) in [6, 6.07) is 9.96. The van der Waals surface area contributed by atoms with Crippen LogP contribution < -0.4 is 0 Å². The van der Waals surface area contributed by atoms with Gasteiger partial charge in [0.05, 0.1) is 25.9 Å². The van der Waals surface area contributed by atoms with Crippen molar-refractivity contribution in [3.63, 3.8) is 0 Å². The van der Waals surface area contributed by atoms with E-state index in [1.807, 2.05) is 30.3 Å². The van der Waals surface area contributed by atoms with Gasteiger partial charge in [0.15, 0.2) is 11.2 Å². The van der Waals surface area contributed by atoms with Crippen molar-refractivity contribution in [2.75, 3.05) is 19.8 Å². The van der Waals surface area contributed by atoms with Gasteiger partial charge in [0.2, 0.25) is 0 Å². The molecule has 27 heavy (non-hydrogen) atoms. The summed E-state index contributed by atoms with van der Waals surface area (Å²) >= 11 is 0. The van der Waals surface area contributed by atoms with Gasteiger partial charge in [-0.05, 0) is 38.7 Å². The van der Waals surface area contributed by atoms with Gasteiger partial charge in [-0.1, -0.05) is 30.3 Å². The molecule has 1 aromatic carbocycles. The molecule has 0 unspecified atom stereocenters. The van der Waals surface area contributed by atoms with E-state index in [0.29, 0.717) is 6.42 Å². The van der Waals surface area contributed by atoms with Gasteiger partial charge in [-0.15, -0.1) is 0 Å². The van der Waals surface area contributed by atoms with Gasteiger partial charge in [0, 0.05) is 12.8 Å². The van der Waals surface area contributed by atoms with Crippen molar-refractivity contribution in [1.29, 1.82) is 0 Å². The second kappa shape index (κ2) is 8.40. The number of rotatable bonds is 5. The maximum atomic E-state index is 12.8. The van der Waals surface area contributed by atoms with Crippen molar-refractivity contribution in [1.82, 2.24) is 0 Å². The summed E-state index contributed by atoms with van der Waals surface area (Å²) in [5.41, 5.74) is -0.299. The molecule has 0 amide bonds. The Hall–Kier alpha value is -1.92. The number of hydrogen-bond donors (Lipinski definition) is 0. The Balaban J connectivity index is 1.87. The molecule has 0 radical (unpaired) electrons. The maximum Gasteiger partial charge on any atom is 0.323 e. The third kappa shape index (κ3) is 4.01. The molecule has 2 heterocycles. The standard InChI is InChI=1S/C21H28O6/c1-3-24-18(22)20(19(23)25-4-2)13-14-26-21(15-20)12-8-11-17(27-21)16-9-6-5-7-10-16/h5-7,9-10,17H,3-4,8,11-15H2,1-2H3/t17-,21+/m1/s1. The first kappa shape index (κ1) is 19.8. The first-order chi connectivity index (χ1) is 13.1. The first-order valence-corrected chi connectivity index (χ1v) is 9.76. The number of hydrogen-bond acceptors (Lipinski definition) is 6. The Morgan fingerprint density at radius 2 is 1.74 bits per heavy atom. The highest BCUT2D eigenvalue weighted by Gasteiger charge is 2.58. The summed E-state index contributed by atoms with van der Waals surface area (Å²) in [6.07, 6.45) is 2.64. The first-order valence-electron chi connectivity index (χ1n) is 9.76. The summed E-state index contributed by atoms with van der Waals surface area (Å²) in [5.74, 6) is -2.07. The van der Waals surface area contributed by atoms with Crippen LogP contribution in [0.3, 0.4) is 0 Å². The zero-order valence-electron chi connectivity index (χ0n) is 16.1. The van der Waals surface area contributed by atoms with Gasteiger partial charge in [-0.25, -0.2) is 0 Å². The van der Waals surface area contributed by atoms with E-state index in [1.54, 1.807) is 13.8 Å². The minimum atomic E-state index is -1.37. The Kier molecular flexibility index (Phi) is 6.17. The molecule has 0 aliphatic carbocycles. The third-order valence-electron chi connectivity index (χ3n) is 5.35. The molecule has 6 nitrogen and oxygen atoms in total. The molecule has 1 aromatic rings. The van der Waals surface area contributed by atoms with Crippen molar-refractivity contribution in [3.05, 3.63) is 35.9 Å². The molecule has 0 N–H and O–H groups in total. The molecule has 2 atom stereocenters. The van der Waals surface area contributed by atoms with E-state index in [-0.39, 0.29) is 38.8 Å². The van der Waals surface area contributed by atoms with Crippen molar-refractivity contribution in [3.8, 4) is 0 Å². The molecule has 2 fully saturated rings. The van der Waals surface area contributed by atoms with Crippen LogP contribution in [0.1, 0.15) is 57.6 Å². The van der Waals surface area contributed by atoms with Crippen LogP contribution in [0.5, 0.6) is 0 Å². The number of carbonyl (C=O) groups is 2. The van der Waals surface area contributed by atoms with Crippen LogP contribution in [0.2, 0.25) is 0 Å². The zero-order chi connectivity index (χ0) is 19.3. The molecular formula is C21H28O6. The van der Waals surface area contributed by atoms with Crippen molar-refractivity contribution < 1.29 is 28.5 Å². The molecule has 148 valence electrons. The fourth-order valence-electron chi connectivity index (χ4n) is 4.05. The second-order valence-corrected chi connectivity index (χ2v) is 7.12. The van der Waals surface area contributed by atoms with Gasteiger partial charge in [0.25, 0.3) is 0 Å². The van der Waals surface area contributed by atoms with Crippen LogP contribution in [0, 0.1) is 5.41 Å². The topological polar surface area (TPSA) is 71.1 Å².